The van der Waals surface area contributed by atoms with Gasteiger partial charge in [-0.1, -0.05) is 29.4 Å². The Kier molecular flexibility index (Phi) is 7.34. The van der Waals surface area contributed by atoms with E-state index < -0.39 is 15.4 Å². The summed E-state index contributed by atoms with van der Waals surface area (Å²) in [6.07, 6.45) is 6.38. The summed E-state index contributed by atoms with van der Waals surface area (Å²) >= 11 is 0. The molecule has 12 heteroatoms. The quantitative estimate of drug-likeness (QED) is 0.307. The van der Waals surface area contributed by atoms with Gasteiger partial charge in [-0.3, -0.25) is 4.79 Å². The van der Waals surface area contributed by atoms with Gasteiger partial charge in [-0.25, -0.2) is 17.9 Å². The van der Waals surface area contributed by atoms with E-state index in [0.717, 1.165) is 34.4 Å². The van der Waals surface area contributed by atoms with Crippen LogP contribution in [0.4, 0.5) is 4.79 Å². The van der Waals surface area contributed by atoms with Crippen LogP contribution in [0.15, 0.2) is 59.4 Å². The van der Waals surface area contributed by atoms with Gasteiger partial charge < -0.3 is 14.7 Å². The summed E-state index contributed by atoms with van der Waals surface area (Å²) in [4.78, 5) is 32.8. The molecule has 2 fully saturated rings. The summed E-state index contributed by atoms with van der Waals surface area (Å²) in [6.45, 7) is 4.46. The second kappa shape index (κ2) is 11.2. The van der Waals surface area contributed by atoms with Crippen molar-refractivity contribution in [3.8, 4) is 16.8 Å². The van der Waals surface area contributed by atoms with Crippen LogP contribution in [-0.2, 0) is 34.0 Å². The Balaban J connectivity index is 1.15. The Bertz CT molecular complexity index is 1880. The minimum Gasteiger partial charge on any atom is -0.339 e. The molecule has 0 bridgehead atoms. The number of benzene rings is 2. The van der Waals surface area contributed by atoms with Crippen molar-refractivity contribution in [2.75, 3.05) is 18.1 Å². The Labute approximate surface area is 261 Å². The van der Waals surface area contributed by atoms with Gasteiger partial charge >= 0.3 is 6.03 Å². The highest BCUT2D eigenvalue weighted by molar-refractivity contribution is 7.91. The lowest BCUT2D eigenvalue weighted by Gasteiger charge is -2.35. The molecule has 1 aliphatic carbocycles. The number of hydrogen-bond donors (Lipinski definition) is 1. The largest absolute Gasteiger partial charge is 0.339 e. The maximum absolute atomic E-state index is 13.5. The molecule has 234 valence electrons. The fourth-order valence-electron chi connectivity index (χ4n) is 6.83. The Morgan fingerprint density at radius 2 is 2.02 bits per heavy atom. The zero-order valence-electron chi connectivity index (χ0n) is 25.4. The highest BCUT2D eigenvalue weighted by Gasteiger charge is 2.47. The highest BCUT2D eigenvalue weighted by Crippen LogP contribution is 2.48. The number of amides is 2. The first-order valence-electron chi connectivity index (χ1n) is 15.4. The third-order valence-electron chi connectivity index (χ3n) is 9.34. The lowest BCUT2D eigenvalue weighted by molar-refractivity contribution is -0.120. The van der Waals surface area contributed by atoms with Crippen molar-refractivity contribution in [1.82, 2.24) is 30.1 Å². The third kappa shape index (κ3) is 6.03. The lowest BCUT2D eigenvalue weighted by Crippen LogP contribution is -2.53. The predicted molar refractivity (Wildman–Crippen MR) is 167 cm³/mol. The van der Waals surface area contributed by atoms with Gasteiger partial charge in [0, 0.05) is 43.7 Å². The number of Topliss-reactive ketones (excluding diaryl/α,β-unsaturated/α-hetero) is 1. The summed E-state index contributed by atoms with van der Waals surface area (Å²) in [5.41, 5.74) is 5.59. The van der Waals surface area contributed by atoms with E-state index in [-0.39, 0.29) is 35.2 Å². The molecular weight excluding hydrogens is 592 g/mol. The van der Waals surface area contributed by atoms with Crippen LogP contribution in [0.2, 0.25) is 0 Å². The minimum absolute atomic E-state index is 0.00277. The molecular formula is C33H36N6O5S. The molecule has 1 saturated heterocycles. The van der Waals surface area contributed by atoms with Gasteiger partial charge in [0.25, 0.3) is 0 Å². The monoisotopic (exact) mass is 628 g/mol. The second-order valence-electron chi connectivity index (χ2n) is 12.8. The van der Waals surface area contributed by atoms with Crippen molar-refractivity contribution in [3.63, 3.8) is 0 Å². The van der Waals surface area contributed by atoms with Crippen LogP contribution < -0.4 is 5.32 Å². The number of fused-ring (bicyclic) bond motifs is 1. The van der Waals surface area contributed by atoms with Crippen LogP contribution >= 0.6 is 0 Å². The van der Waals surface area contributed by atoms with Crippen LogP contribution in [0.3, 0.4) is 0 Å². The molecule has 11 nitrogen and oxygen atoms in total. The molecule has 2 aliphatic heterocycles. The van der Waals surface area contributed by atoms with Crippen LogP contribution in [0, 0.1) is 12.8 Å². The molecule has 0 spiro atoms. The minimum atomic E-state index is -3.16. The predicted octanol–water partition coefficient (Wildman–Crippen LogP) is 4.18. The van der Waals surface area contributed by atoms with Gasteiger partial charge in [0.2, 0.25) is 5.89 Å². The molecule has 3 atom stereocenters. The van der Waals surface area contributed by atoms with Gasteiger partial charge in [-0.2, -0.15) is 10.1 Å². The first-order valence-corrected chi connectivity index (χ1v) is 17.2. The maximum atomic E-state index is 13.5. The number of hydrogen-bond acceptors (Lipinski definition) is 8. The number of ketones is 1. The molecule has 45 heavy (non-hydrogen) atoms. The zero-order valence-corrected chi connectivity index (χ0v) is 26.2. The normalized spacial score (nSPS) is 23.5. The summed E-state index contributed by atoms with van der Waals surface area (Å²) < 4.78 is 31.4. The number of nitrogens with one attached hydrogen (secondary N) is 1. The van der Waals surface area contributed by atoms with E-state index in [1.54, 1.807) is 24.9 Å². The molecule has 1 N–H and O–H groups in total. The number of urea groups is 1. The molecule has 0 radical (unpaired) electrons. The maximum Gasteiger partial charge on any atom is 0.318 e. The van der Waals surface area contributed by atoms with Crippen LogP contribution in [0.25, 0.3) is 16.8 Å². The first-order chi connectivity index (χ1) is 21.6. The molecule has 4 aromatic rings. The summed E-state index contributed by atoms with van der Waals surface area (Å²) in [5.74, 6) is 1.22. The average Bonchev–Trinajstić information content (AvgIpc) is 3.28. The smallest absolute Gasteiger partial charge is 0.318 e. The summed E-state index contributed by atoms with van der Waals surface area (Å²) in [5, 5.41) is 11.3. The molecule has 4 heterocycles. The van der Waals surface area contributed by atoms with Crippen LogP contribution in [0.1, 0.15) is 60.5 Å². The molecule has 7 rings (SSSR count). The van der Waals surface area contributed by atoms with Crippen molar-refractivity contribution < 1.29 is 22.5 Å². The van der Waals surface area contributed by atoms with Gasteiger partial charge in [0.15, 0.2) is 15.7 Å². The van der Waals surface area contributed by atoms with Crippen molar-refractivity contribution in [1.29, 1.82) is 0 Å². The molecule has 1 saturated carbocycles. The van der Waals surface area contributed by atoms with E-state index in [4.69, 9.17) is 4.52 Å². The van der Waals surface area contributed by atoms with E-state index in [0.29, 0.717) is 50.5 Å². The summed E-state index contributed by atoms with van der Waals surface area (Å²) in [7, 11) is -3.16. The Morgan fingerprint density at radius 3 is 2.76 bits per heavy atom. The standard InChI is InChI=1S/C33H36N6O5S/c1-21-35-31(44-37-21)28-18-27(28)30(40)10-8-22-7-9-25(23-5-3-6-24(17-23)39-14-4-13-34-39)26-11-15-38(19-29(22)26)32(41)36-33(2)12-16-45(42,43)20-33/h3-7,9,13-14,17,27-28H,8,10-12,15-16,18-20H2,1-2H3,(H,36,41)/t27?,28?,33-/m0/s1. The SMILES string of the molecule is Cc1noc(C2CC2C(=O)CCc2ccc(-c3cccc(-n4cccn4)c3)c3c2CN(C(=O)N[C@@]2(C)CCS(=O)(=O)C2)CC3)n1. The molecule has 3 aliphatic rings. The molecule has 2 unspecified atom stereocenters. The third-order valence-corrected chi connectivity index (χ3v) is 11.2. The molecule has 2 aromatic heterocycles. The number of sulfone groups is 1. The highest BCUT2D eigenvalue weighted by atomic mass is 32.2. The lowest BCUT2D eigenvalue weighted by atomic mass is 9.86. The number of aromatic nitrogens is 4. The average molecular weight is 629 g/mol. The topological polar surface area (TPSA) is 140 Å². The molecule has 2 aromatic carbocycles. The fourth-order valence-corrected chi connectivity index (χ4v) is 8.93. The van der Waals surface area contributed by atoms with Gasteiger partial charge in [0.1, 0.15) is 5.78 Å². The second-order valence-corrected chi connectivity index (χ2v) is 15.0. The van der Waals surface area contributed by atoms with Crippen molar-refractivity contribution in [3.05, 3.63) is 83.3 Å². The van der Waals surface area contributed by atoms with Crippen LogP contribution in [-0.4, -0.2) is 68.6 Å². The Morgan fingerprint density at radius 1 is 1.16 bits per heavy atom. The molecule has 2 amide bonds. The number of rotatable bonds is 8. The first kappa shape index (κ1) is 29.4. The number of aryl methyl sites for hydroxylation is 2. The number of carbonyl (C=O) groups excluding carboxylic acids is 2. The van der Waals surface area contributed by atoms with E-state index in [2.05, 4.69) is 44.8 Å². The van der Waals surface area contributed by atoms with E-state index >= 15 is 0 Å². The van der Waals surface area contributed by atoms with Crippen molar-refractivity contribution >= 4 is 21.7 Å². The number of carbonyl (C=O) groups is 2. The summed E-state index contributed by atoms with van der Waals surface area (Å²) in [6, 6.07) is 14.1. The van der Waals surface area contributed by atoms with E-state index in [1.807, 2.05) is 29.1 Å². The van der Waals surface area contributed by atoms with Crippen molar-refractivity contribution in [2.45, 2.75) is 64.0 Å². The van der Waals surface area contributed by atoms with Gasteiger partial charge in [0.05, 0.1) is 22.7 Å². The zero-order chi connectivity index (χ0) is 31.3. The Hall–Kier alpha value is -4.32. The fraction of sp³-hybridized carbons (Fsp3) is 0.424. The van der Waals surface area contributed by atoms with Gasteiger partial charge in [-0.15, -0.1) is 0 Å². The van der Waals surface area contributed by atoms with Crippen LogP contribution in [0.5, 0.6) is 0 Å². The van der Waals surface area contributed by atoms with E-state index in [1.165, 1.54) is 5.56 Å². The number of nitrogens with zero attached hydrogens (tertiary/aromatic N) is 5. The van der Waals surface area contributed by atoms with Crippen molar-refractivity contribution in [2.24, 2.45) is 5.92 Å². The van der Waals surface area contributed by atoms with Gasteiger partial charge in [-0.05, 0) is 85.5 Å². The van der Waals surface area contributed by atoms with E-state index in [9.17, 15) is 18.0 Å².